The third-order valence-corrected chi connectivity index (χ3v) is 6.07. The van der Waals surface area contributed by atoms with Gasteiger partial charge in [-0.15, -0.1) is 22.9 Å². The van der Waals surface area contributed by atoms with Gasteiger partial charge in [0.2, 0.25) is 5.09 Å². The number of halogens is 1. The minimum Gasteiger partial charge on any atom is -0.447 e. The number of furan rings is 1. The number of rotatable bonds is 6. The first-order valence-electron chi connectivity index (χ1n) is 6.30. The van der Waals surface area contributed by atoms with E-state index in [0.29, 0.717) is 12.3 Å². The number of nitrogens with zero attached hydrogens (tertiary/aromatic N) is 1. The molecule has 0 amide bonds. The molecule has 0 saturated heterocycles. The first-order valence-corrected chi connectivity index (χ1v) is 9.15. The topological polar surface area (TPSA) is 50.5 Å². The zero-order chi connectivity index (χ0) is 14.2. The number of hydrogen-bond acceptors (Lipinski definition) is 4. The van der Waals surface area contributed by atoms with Gasteiger partial charge in [0, 0.05) is 17.5 Å². The largest absolute Gasteiger partial charge is 0.447 e. The summed E-state index contributed by atoms with van der Waals surface area (Å²) in [6.07, 6.45) is 1.82. The Morgan fingerprint density at radius 1 is 1.35 bits per heavy atom. The molecule has 0 atom stereocenters. The minimum absolute atomic E-state index is 0.0170. The fourth-order valence-electron chi connectivity index (χ4n) is 2.01. The molecule has 1 aliphatic carbocycles. The van der Waals surface area contributed by atoms with Crippen molar-refractivity contribution < 1.29 is 12.8 Å². The van der Waals surface area contributed by atoms with Gasteiger partial charge in [-0.05, 0) is 36.4 Å². The molecule has 7 heteroatoms. The highest BCUT2D eigenvalue weighted by atomic mass is 35.5. The molecule has 1 aliphatic rings. The van der Waals surface area contributed by atoms with Gasteiger partial charge in [0.05, 0.1) is 5.88 Å². The van der Waals surface area contributed by atoms with Crippen molar-refractivity contribution >= 4 is 33.0 Å². The van der Waals surface area contributed by atoms with E-state index < -0.39 is 10.0 Å². The number of sulfonamides is 1. The van der Waals surface area contributed by atoms with Gasteiger partial charge in [-0.1, -0.05) is 6.07 Å². The lowest BCUT2D eigenvalue weighted by atomic mass is 10.4. The van der Waals surface area contributed by atoms with Crippen LogP contribution >= 0.6 is 22.9 Å². The lowest BCUT2D eigenvalue weighted by Gasteiger charge is -2.19. The summed E-state index contributed by atoms with van der Waals surface area (Å²) in [4.78, 5) is 1.03. The van der Waals surface area contributed by atoms with Crippen molar-refractivity contribution in [3.05, 3.63) is 40.3 Å². The molecule has 4 nitrogen and oxygen atoms in total. The monoisotopic (exact) mass is 331 g/mol. The van der Waals surface area contributed by atoms with Crippen LogP contribution in [0, 0.1) is 0 Å². The molecule has 0 bridgehead atoms. The SMILES string of the molecule is O=S(=O)(c1ccc(CCl)o1)N(Cc1cccs1)C1CC1. The van der Waals surface area contributed by atoms with E-state index in [1.165, 1.54) is 10.4 Å². The third-order valence-electron chi connectivity index (χ3n) is 3.18. The van der Waals surface area contributed by atoms with Gasteiger partial charge in [-0.3, -0.25) is 0 Å². The molecule has 3 rings (SSSR count). The maximum absolute atomic E-state index is 12.7. The van der Waals surface area contributed by atoms with E-state index in [0.717, 1.165) is 17.7 Å². The van der Waals surface area contributed by atoms with E-state index in [1.54, 1.807) is 17.4 Å². The average Bonchev–Trinajstić information content (AvgIpc) is 2.96. The van der Waals surface area contributed by atoms with Crippen molar-refractivity contribution in [2.75, 3.05) is 0 Å². The predicted octanol–water partition coefficient (Wildman–Crippen LogP) is 3.43. The van der Waals surface area contributed by atoms with Crippen molar-refractivity contribution in [2.24, 2.45) is 0 Å². The maximum atomic E-state index is 12.7. The third kappa shape index (κ3) is 2.79. The molecule has 2 aromatic rings. The van der Waals surface area contributed by atoms with Crippen LogP contribution in [0.4, 0.5) is 0 Å². The highest BCUT2D eigenvalue weighted by Crippen LogP contribution is 2.34. The van der Waals surface area contributed by atoms with Crippen molar-refractivity contribution in [3.63, 3.8) is 0 Å². The van der Waals surface area contributed by atoms with E-state index >= 15 is 0 Å². The van der Waals surface area contributed by atoms with Crippen LogP contribution in [0.5, 0.6) is 0 Å². The van der Waals surface area contributed by atoms with Crippen LogP contribution in [0.1, 0.15) is 23.5 Å². The Labute approximate surface area is 127 Å². The number of thiophene rings is 1. The first kappa shape index (κ1) is 14.1. The van der Waals surface area contributed by atoms with Gasteiger partial charge >= 0.3 is 0 Å². The summed E-state index contributed by atoms with van der Waals surface area (Å²) in [5.41, 5.74) is 0. The number of alkyl halides is 1. The summed E-state index contributed by atoms with van der Waals surface area (Å²) in [5.74, 6) is 0.640. The number of hydrogen-bond donors (Lipinski definition) is 0. The molecule has 0 aliphatic heterocycles. The molecular formula is C13H14ClNO3S2. The predicted molar refractivity (Wildman–Crippen MR) is 78.3 cm³/mol. The fourth-order valence-corrected chi connectivity index (χ4v) is 4.54. The van der Waals surface area contributed by atoms with Crippen LogP contribution in [0.25, 0.3) is 0 Å². The van der Waals surface area contributed by atoms with Crippen molar-refractivity contribution in [3.8, 4) is 0 Å². The van der Waals surface area contributed by atoms with Crippen molar-refractivity contribution in [2.45, 2.75) is 36.4 Å². The van der Waals surface area contributed by atoms with Gasteiger partial charge in [0.1, 0.15) is 5.76 Å². The van der Waals surface area contributed by atoms with Gasteiger partial charge in [-0.25, -0.2) is 8.42 Å². The lowest BCUT2D eigenvalue weighted by molar-refractivity contribution is 0.364. The van der Waals surface area contributed by atoms with Gasteiger partial charge in [0.15, 0.2) is 0 Å². The minimum atomic E-state index is -3.59. The second kappa shape index (κ2) is 5.52. The van der Waals surface area contributed by atoms with Crippen molar-refractivity contribution in [1.82, 2.24) is 4.31 Å². The summed E-state index contributed by atoms with van der Waals surface area (Å²) in [6.45, 7) is 0.404. The molecule has 0 aromatic carbocycles. The zero-order valence-corrected chi connectivity index (χ0v) is 13.0. The van der Waals surface area contributed by atoms with Crippen LogP contribution in [0.3, 0.4) is 0 Å². The normalized spacial score (nSPS) is 15.9. The molecule has 1 saturated carbocycles. The van der Waals surface area contributed by atoms with E-state index in [-0.39, 0.29) is 17.0 Å². The molecule has 0 radical (unpaired) electrons. The smallest absolute Gasteiger partial charge is 0.277 e. The molecule has 2 aromatic heterocycles. The molecule has 20 heavy (non-hydrogen) atoms. The van der Waals surface area contributed by atoms with Crippen molar-refractivity contribution in [1.29, 1.82) is 0 Å². The standard InChI is InChI=1S/C13H14ClNO3S2/c14-8-11-5-6-13(18-11)20(16,17)15(10-3-4-10)9-12-2-1-7-19-12/h1-2,5-7,10H,3-4,8-9H2. The van der Waals surface area contributed by atoms with Gasteiger partial charge < -0.3 is 4.42 Å². The van der Waals surface area contributed by atoms with Crippen LogP contribution in [-0.4, -0.2) is 18.8 Å². The molecule has 0 spiro atoms. The van der Waals surface area contributed by atoms with E-state index in [9.17, 15) is 8.42 Å². The van der Waals surface area contributed by atoms with Crippen LogP contribution in [0.2, 0.25) is 0 Å². The zero-order valence-electron chi connectivity index (χ0n) is 10.7. The van der Waals surface area contributed by atoms with Crippen LogP contribution in [-0.2, 0) is 22.4 Å². The van der Waals surface area contributed by atoms with E-state index in [2.05, 4.69) is 0 Å². The van der Waals surface area contributed by atoms with Crippen LogP contribution < -0.4 is 0 Å². The lowest BCUT2D eigenvalue weighted by Crippen LogP contribution is -2.32. The van der Waals surface area contributed by atoms with E-state index in [4.69, 9.17) is 16.0 Å². The highest BCUT2D eigenvalue weighted by Gasteiger charge is 2.39. The van der Waals surface area contributed by atoms with Gasteiger partial charge in [-0.2, -0.15) is 4.31 Å². The molecule has 108 valence electrons. The Balaban J connectivity index is 1.89. The second-order valence-electron chi connectivity index (χ2n) is 4.72. The summed E-state index contributed by atoms with van der Waals surface area (Å²) in [7, 11) is -3.59. The Hall–Kier alpha value is -0.820. The van der Waals surface area contributed by atoms with Crippen LogP contribution in [0.15, 0.2) is 39.2 Å². The Morgan fingerprint density at radius 2 is 2.15 bits per heavy atom. The molecule has 1 fully saturated rings. The average molecular weight is 332 g/mol. The van der Waals surface area contributed by atoms with E-state index in [1.807, 2.05) is 17.5 Å². The Kier molecular flexibility index (Phi) is 3.90. The molecule has 0 unspecified atom stereocenters. The fraction of sp³-hybridized carbons (Fsp3) is 0.385. The molecular weight excluding hydrogens is 318 g/mol. The maximum Gasteiger partial charge on any atom is 0.277 e. The molecule has 0 N–H and O–H groups in total. The quantitative estimate of drug-likeness (QED) is 0.762. The second-order valence-corrected chi connectivity index (χ2v) is 7.84. The highest BCUT2D eigenvalue weighted by molar-refractivity contribution is 7.89. The Bertz CT molecular complexity index is 674. The summed E-state index contributed by atoms with van der Waals surface area (Å²) in [5, 5.41) is 1.93. The summed E-state index contributed by atoms with van der Waals surface area (Å²) < 4.78 is 32.2. The summed E-state index contributed by atoms with van der Waals surface area (Å²) in [6, 6.07) is 7.05. The first-order chi connectivity index (χ1) is 9.61. The summed E-state index contributed by atoms with van der Waals surface area (Å²) >= 11 is 7.22. The van der Waals surface area contributed by atoms with Gasteiger partial charge in [0.25, 0.3) is 10.0 Å². The Morgan fingerprint density at radius 3 is 2.70 bits per heavy atom. The molecule has 2 heterocycles.